The van der Waals surface area contributed by atoms with E-state index in [-0.39, 0.29) is 0 Å². The summed E-state index contributed by atoms with van der Waals surface area (Å²) in [6.45, 7) is 0. The molecule has 5 rings (SSSR count). The third-order valence-electron chi connectivity index (χ3n) is 7.23. The second-order valence-corrected chi connectivity index (χ2v) is 10.7. The molecule has 0 unspecified atom stereocenters. The van der Waals surface area contributed by atoms with Gasteiger partial charge in [-0.15, -0.1) is 0 Å². The van der Waals surface area contributed by atoms with Gasteiger partial charge in [-0.2, -0.15) is 0 Å². The number of rotatable bonds is 2. The molecule has 2 aromatic carbocycles. The molecule has 3 aliphatic rings. The van der Waals surface area contributed by atoms with Gasteiger partial charge in [0.2, 0.25) is 0 Å². The maximum absolute atomic E-state index is 3.95. The SMILES string of the molecule is Brc1cc2c(c(C3CCCCC3)c1)Cc1c(Br)cc(C3CCCCC3)cc1-2. The molecule has 2 aromatic rings. The molecule has 0 heterocycles. The van der Waals surface area contributed by atoms with E-state index < -0.39 is 0 Å². The zero-order valence-corrected chi connectivity index (χ0v) is 19.2. The predicted octanol–water partition coefficient (Wildman–Crippen LogP) is 8.88. The zero-order chi connectivity index (χ0) is 18.4. The molecule has 0 bridgehead atoms. The monoisotopic (exact) mass is 486 g/mol. The fourth-order valence-electron chi connectivity index (χ4n) is 5.80. The van der Waals surface area contributed by atoms with E-state index in [1.54, 1.807) is 16.7 Å². The average molecular weight is 488 g/mol. The summed E-state index contributed by atoms with van der Waals surface area (Å²) in [7, 11) is 0. The first-order chi connectivity index (χ1) is 13.2. The van der Waals surface area contributed by atoms with Crippen molar-refractivity contribution >= 4 is 31.9 Å². The van der Waals surface area contributed by atoms with Crippen LogP contribution in [0, 0.1) is 0 Å². The smallest absolute Gasteiger partial charge is 0.0219 e. The molecule has 0 radical (unpaired) electrons. The Labute approximate surface area is 180 Å². The second-order valence-electron chi connectivity index (χ2n) is 8.90. The third kappa shape index (κ3) is 3.46. The Balaban J connectivity index is 1.59. The zero-order valence-electron chi connectivity index (χ0n) is 16.0. The lowest BCUT2D eigenvalue weighted by molar-refractivity contribution is 0.442. The molecule has 3 aliphatic carbocycles. The van der Waals surface area contributed by atoms with Crippen LogP contribution in [0.5, 0.6) is 0 Å². The maximum atomic E-state index is 3.95. The van der Waals surface area contributed by atoms with E-state index in [4.69, 9.17) is 0 Å². The van der Waals surface area contributed by atoms with Gasteiger partial charge < -0.3 is 0 Å². The van der Waals surface area contributed by atoms with Gasteiger partial charge in [0.25, 0.3) is 0 Å². The Morgan fingerprint density at radius 3 is 1.96 bits per heavy atom. The molecule has 0 aromatic heterocycles. The van der Waals surface area contributed by atoms with Crippen LogP contribution in [0.2, 0.25) is 0 Å². The van der Waals surface area contributed by atoms with Crippen LogP contribution in [0.4, 0.5) is 0 Å². The lowest BCUT2D eigenvalue weighted by atomic mass is 9.81. The Morgan fingerprint density at radius 1 is 0.630 bits per heavy atom. The second kappa shape index (κ2) is 7.67. The van der Waals surface area contributed by atoms with Crippen molar-refractivity contribution in [1.82, 2.24) is 0 Å². The molecule has 0 N–H and O–H groups in total. The summed E-state index contributed by atoms with van der Waals surface area (Å²) >= 11 is 7.79. The standard InChI is InChI=1S/C25H28Br2/c26-19-13-20(17-9-5-2-6-10-17)23-15-24-21(22(23)14-19)11-18(12-25(24)27)16-7-3-1-4-8-16/h11-14,16-17H,1-10,15H2. The lowest BCUT2D eigenvalue weighted by Gasteiger charge is -2.25. The minimum Gasteiger partial charge on any atom is -0.0533 e. The molecule has 0 atom stereocenters. The van der Waals surface area contributed by atoms with Gasteiger partial charge >= 0.3 is 0 Å². The molecule has 142 valence electrons. The molecule has 27 heavy (non-hydrogen) atoms. The van der Waals surface area contributed by atoms with Crippen molar-refractivity contribution in [2.45, 2.75) is 82.5 Å². The van der Waals surface area contributed by atoms with Gasteiger partial charge in [0.15, 0.2) is 0 Å². The molecular formula is C25H28Br2. The first kappa shape index (κ1) is 18.4. The summed E-state index contributed by atoms with van der Waals surface area (Å²) in [6.07, 6.45) is 15.0. The summed E-state index contributed by atoms with van der Waals surface area (Å²) in [6, 6.07) is 9.79. The van der Waals surface area contributed by atoms with Crippen LogP contribution in [-0.4, -0.2) is 0 Å². The van der Waals surface area contributed by atoms with E-state index in [1.807, 2.05) is 0 Å². The number of hydrogen-bond donors (Lipinski definition) is 0. The van der Waals surface area contributed by atoms with Crippen LogP contribution >= 0.6 is 31.9 Å². The molecule has 0 saturated heterocycles. The summed E-state index contributed by atoms with van der Waals surface area (Å²) in [4.78, 5) is 0. The highest BCUT2D eigenvalue weighted by atomic mass is 79.9. The van der Waals surface area contributed by atoms with Crippen LogP contribution in [0.15, 0.2) is 33.2 Å². The number of halogens is 2. The van der Waals surface area contributed by atoms with Crippen molar-refractivity contribution in [2.24, 2.45) is 0 Å². The Bertz CT molecular complexity index is 855. The third-order valence-corrected chi connectivity index (χ3v) is 8.40. The Kier molecular flexibility index (Phi) is 5.24. The molecular weight excluding hydrogens is 460 g/mol. The highest BCUT2D eigenvalue weighted by Crippen LogP contribution is 2.48. The first-order valence-corrected chi connectivity index (χ1v) is 12.4. The van der Waals surface area contributed by atoms with Gasteiger partial charge in [0.05, 0.1) is 0 Å². The maximum Gasteiger partial charge on any atom is 0.0219 e. The van der Waals surface area contributed by atoms with Crippen molar-refractivity contribution in [3.05, 3.63) is 55.5 Å². The van der Waals surface area contributed by atoms with Crippen molar-refractivity contribution in [2.75, 3.05) is 0 Å². The van der Waals surface area contributed by atoms with E-state index in [0.29, 0.717) is 0 Å². The van der Waals surface area contributed by atoms with Gasteiger partial charge in [-0.05, 0) is 89.1 Å². The van der Waals surface area contributed by atoms with Crippen LogP contribution in [0.1, 0.15) is 98.3 Å². The summed E-state index contributed by atoms with van der Waals surface area (Å²) < 4.78 is 2.59. The van der Waals surface area contributed by atoms with E-state index in [0.717, 1.165) is 18.3 Å². The largest absolute Gasteiger partial charge is 0.0533 e. The van der Waals surface area contributed by atoms with E-state index in [1.165, 1.54) is 89.8 Å². The van der Waals surface area contributed by atoms with Crippen molar-refractivity contribution in [1.29, 1.82) is 0 Å². The molecule has 2 saturated carbocycles. The molecule has 0 spiro atoms. The predicted molar refractivity (Wildman–Crippen MR) is 122 cm³/mol. The van der Waals surface area contributed by atoms with E-state index in [2.05, 4.69) is 56.1 Å². The van der Waals surface area contributed by atoms with E-state index >= 15 is 0 Å². The highest BCUT2D eigenvalue weighted by Gasteiger charge is 2.29. The minimum atomic E-state index is 0.759. The fourth-order valence-corrected chi connectivity index (χ4v) is 6.89. The molecule has 2 fully saturated rings. The molecule has 0 amide bonds. The van der Waals surface area contributed by atoms with E-state index in [9.17, 15) is 0 Å². The van der Waals surface area contributed by atoms with Crippen LogP contribution in [0.25, 0.3) is 11.1 Å². The van der Waals surface area contributed by atoms with Gasteiger partial charge in [-0.25, -0.2) is 0 Å². The van der Waals surface area contributed by atoms with Crippen molar-refractivity contribution in [3.8, 4) is 11.1 Å². The molecule has 2 heteroatoms. The minimum absolute atomic E-state index is 0.759. The van der Waals surface area contributed by atoms with Crippen LogP contribution in [0.3, 0.4) is 0 Å². The first-order valence-electron chi connectivity index (χ1n) is 10.9. The summed E-state index contributed by atoms with van der Waals surface area (Å²) in [5, 5.41) is 0. The topological polar surface area (TPSA) is 0 Å². The fraction of sp³-hybridized carbons (Fsp3) is 0.520. The molecule has 0 aliphatic heterocycles. The van der Waals surface area contributed by atoms with Crippen LogP contribution < -0.4 is 0 Å². The normalized spacial score (nSPS) is 20.5. The Morgan fingerprint density at radius 2 is 1.26 bits per heavy atom. The van der Waals surface area contributed by atoms with Crippen LogP contribution in [-0.2, 0) is 6.42 Å². The number of hydrogen-bond acceptors (Lipinski definition) is 0. The van der Waals surface area contributed by atoms with Crippen molar-refractivity contribution in [3.63, 3.8) is 0 Å². The quantitative estimate of drug-likeness (QED) is 0.338. The Hall–Kier alpha value is -0.600. The van der Waals surface area contributed by atoms with Gasteiger partial charge in [-0.1, -0.05) is 76.5 Å². The van der Waals surface area contributed by atoms with Crippen molar-refractivity contribution < 1.29 is 0 Å². The summed E-state index contributed by atoms with van der Waals surface area (Å²) in [5.74, 6) is 1.52. The van der Waals surface area contributed by atoms with Gasteiger partial charge in [0.1, 0.15) is 0 Å². The number of fused-ring (bicyclic) bond motifs is 3. The average Bonchev–Trinajstić information content (AvgIpc) is 3.08. The lowest BCUT2D eigenvalue weighted by Crippen LogP contribution is -2.07. The molecule has 0 nitrogen and oxygen atoms in total. The summed E-state index contributed by atoms with van der Waals surface area (Å²) in [5.41, 5.74) is 9.31. The van der Waals surface area contributed by atoms with Gasteiger partial charge in [-0.3, -0.25) is 0 Å². The number of benzene rings is 2. The highest BCUT2D eigenvalue weighted by molar-refractivity contribution is 9.10. The van der Waals surface area contributed by atoms with Gasteiger partial charge in [0, 0.05) is 15.4 Å².